The van der Waals surface area contributed by atoms with Crippen LogP contribution in [0.5, 0.6) is 0 Å². The second-order valence-corrected chi connectivity index (χ2v) is 4.12. The van der Waals surface area contributed by atoms with E-state index in [0.29, 0.717) is 19.8 Å². The van der Waals surface area contributed by atoms with Crippen LogP contribution >= 0.6 is 0 Å². The monoisotopic (exact) mass is 255 g/mol. The Morgan fingerprint density at radius 2 is 2.06 bits per heavy atom. The maximum absolute atomic E-state index is 13.2. The van der Waals surface area contributed by atoms with E-state index in [1.54, 1.807) is 6.07 Å². The Morgan fingerprint density at radius 3 is 2.67 bits per heavy atom. The van der Waals surface area contributed by atoms with Crippen LogP contribution in [0.2, 0.25) is 0 Å². The van der Waals surface area contributed by atoms with Crippen molar-refractivity contribution in [3.05, 3.63) is 35.6 Å². The third-order valence-corrected chi connectivity index (χ3v) is 2.77. The Morgan fingerprint density at radius 1 is 1.28 bits per heavy atom. The summed E-state index contributed by atoms with van der Waals surface area (Å²) in [6.07, 6.45) is 0.488. The summed E-state index contributed by atoms with van der Waals surface area (Å²) in [5.41, 5.74) is 6.80. The molecule has 0 saturated carbocycles. The summed E-state index contributed by atoms with van der Waals surface area (Å²) in [5.74, 6) is -0.269. The van der Waals surface area contributed by atoms with Crippen molar-refractivity contribution in [2.75, 3.05) is 19.8 Å². The molecule has 18 heavy (non-hydrogen) atoms. The summed E-state index contributed by atoms with van der Waals surface area (Å²) in [4.78, 5) is 0. The maximum atomic E-state index is 13.2. The Bertz CT molecular complexity index is 346. The summed E-state index contributed by atoms with van der Waals surface area (Å²) in [6.45, 7) is 5.57. The van der Waals surface area contributed by atoms with Gasteiger partial charge in [-0.05, 0) is 31.0 Å². The van der Waals surface area contributed by atoms with Crippen molar-refractivity contribution in [3.63, 3.8) is 0 Å². The topological polar surface area (TPSA) is 44.5 Å². The fraction of sp³-hybridized carbons (Fsp3) is 0.571. The van der Waals surface area contributed by atoms with Crippen molar-refractivity contribution in [2.45, 2.75) is 32.4 Å². The zero-order chi connectivity index (χ0) is 13.4. The molecular weight excluding hydrogens is 233 g/mol. The third-order valence-electron chi connectivity index (χ3n) is 2.77. The van der Waals surface area contributed by atoms with Gasteiger partial charge in [0, 0.05) is 12.6 Å². The second-order valence-electron chi connectivity index (χ2n) is 4.12. The Hall–Kier alpha value is -0.970. The first kappa shape index (κ1) is 15.1. The number of ether oxygens (including phenoxy) is 2. The van der Waals surface area contributed by atoms with Crippen LogP contribution in [-0.2, 0) is 9.47 Å². The molecule has 102 valence electrons. The highest BCUT2D eigenvalue weighted by molar-refractivity contribution is 5.20. The first-order chi connectivity index (χ1) is 8.69. The molecule has 0 aromatic heterocycles. The van der Waals surface area contributed by atoms with Crippen LogP contribution in [0.15, 0.2) is 24.3 Å². The molecule has 4 heteroatoms. The third kappa shape index (κ3) is 4.72. The molecule has 0 heterocycles. The van der Waals surface area contributed by atoms with Crippen molar-refractivity contribution in [2.24, 2.45) is 5.73 Å². The Kier molecular flexibility index (Phi) is 6.86. The van der Waals surface area contributed by atoms with Gasteiger partial charge in [-0.1, -0.05) is 19.1 Å². The molecule has 0 spiro atoms. The summed E-state index contributed by atoms with van der Waals surface area (Å²) in [6, 6.07) is 6.25. The average molecular weight is 255 g/mol. The smallest absolute Gasteiger partial charge is 0.123 e. The molecule has 1 aromatic carbocycles. The summed E-state index contributed by atoms with van der Waals surface area (Å²) in [5, 5.41) is 0. The molecule has 2 atom stereocenters. The zero-order valence-corrected chi connectivity index (χ0v) is 11.1. The van der Waals surface area contributed by atoms with Gasteiger partial charge >= 0.3 is 0 Å². The second kappa shape index (κ2) is 8.19. The lowest BCUT2D eigenvalue weighted by Crippen LogP contribution is -2.30. The number of hydrogen-bond acceptors (Lipinski definition) is 3. The maximum Gasteiger partial charge on any atom is 0.123 e. The predicted molar refractivity (Wildman–Crippen MR) is 69.9 cm³/mol. The van der Waals surface area contributed by atoms with E-state index in [1.807, 2.05) is 19.9 Å². The largest absolute Gasteiger partial charge is 0.379 e. The highest BCUT2D eigenvalue weighted by atomic mass is 19.1. The van der Waals surface area contributed by atoms with E-state index in [9.17, 15) is 4.39 Å². The van der Waals surface area contributed by atoms with Crippen LogP contribution in [0.1, 0.15) is 31.9 Å². The number of hydrogen-bond donors (Lipinski definition) is 1. The molecule has 0 fully saturated rings. The highest BCUT2D eigenvalue weighted by Gasteiger charge is 2.19. The Labute approximate surface area is 108 Å². The summed E-state index contributed by atoms with van der Waals surface area (Å²) < 4.78 is 24.2. The van der Waals surface area contributed by atoms with Crippen molar-refractivity contribution < 1.29 is 13.9 Å². The van der Waals surface area contributed by atoms with Gasteiger partial charge in [-0.3, -0.25) is 0 Å². The molecule has 2 N–H and O–H groups in total. The zero-order valence-electron chi connectivity index (χ0n) is 11.1. The van der Waals surface area contributed by atoms with E-state index in [0.717, 1.165) is 12.0 Å². The van der Waals surface area contributed by atoms with Crippen LogP contribution in [0.25, 0.3) is 0 Å². The molecule has 1 aromatic rings. The molecule has 0 aliphatic rings. The molecule has 0 radical (unpaired) electrons. The van der Waals surface area contributed by atoms with Gasteiger partial charge < -0.3 is 15.2 Å². The molecule has 0 amide bonds. The van der Waals surface area contributed by atoms with Gasteiger partial charge in [0.1, 0.15) is 5.82 Å². The number of halogens is 1. The van der Waals surface area contributed by atoms with E-state index < -0.39 is 0 Å². The van der Waals surface area contributed by atoms with Crippen molar-refractivity contribution in [3.8, 4) is 0 Å². The van der Waals surface area contributed by atoms with E-state index >= 15 is 0 Å². The predicted octanol–water partition coefficient (Wildman–Crippen LogP) is 2.66. The van der Waals surface area contributed by atoms with Gasteiger partial charge in [-0.2, -0.15) is 0 Å². The van der Waals surface area contributed by atoms with Gasteiger partial charge in [0.05, 0.1) is 19.3 Å². The minimum absolute atomic E-state index is 0.145. The van der Waals surface area contributed by atoms with Gasteiger partial charge in [-0.25, -0.2) is 4.39 Å². The highest BCUT2D eigenvalue weighted by Crippen LogP contribution is 2.22. The first-order valence-corrected chi connectivity index (χ1v) is 6.39. The van der Waals surface area contributed by atoms with Crippen molar-refractivity contribution in [1.29, 1.82) is 0 Å². The van der Waals surface area contributed by atoms with E-state index in [4.69, 9.17) is 15.2 Å². The molecule has 0 saturated heterocycles. The van der Waals surface area contributed by atoms with Gasteiger partial charge in [0.25, 0.3) is 0 Å². The fourth-order valence-electron chi connectivity index (χ4n) is 1.74. The van der Waals surface area contributed by atoms with Crippen LogP contribution < -0.4 is 5.73 Å². The van der Waals surface area contributed by atoms with Crippen LogP contribution in [0.4, 0.5) is 4.39 Å². The fourth-order valence-corrected chi connectivity index (χ4v) is 1.74. The number of rotatable bonds is 8. The SMILES string of the molecule is CCOCCOC(c1cccc(F)c1)C(N)CC. The van der Waals surface area contributed by atoms with E-state index in [2.05, 4.69) is 0 Å². The van der Waals surface area contributed by atoms with Crippen LogP contribution in [0.3, 0.4) is 0 Å². The normalized spacial score (nSPS) is 14.4. The van der Waals surface area contributed by atoms with E-state index in [-0.39, 0.29) is 18.0 Å². The van der Waals surface area contributed by atoms with Crippen molar-refractivity contribution in [1.82, 2.24) is 0 Å². The molecule has 2 unspecified atom stereocenters. The summed E-state index contributed by atoms with van der Waals surface area (Å²) in [7, 11) is 0. The van der Waals surface area contributed by atoms with Crippen LogP contribution in [0, 0.1) is 5.82 Å². The molecule has 0 aliphatic carbocycles. The van der Waals surface area contributed by atoms with Crippen molar-refractivity contribution >= 4 is 0 Å². The molecule has 1 rings (SSSR count). The summed E-state index contributed by atoms with van der Waals surface area (Å²) >= 11 is 0. The lowest BCUT2D eigenvalue weighted by molar-refractivity contribution is -0.00559. The van der Waals surface area contributed by atoms with E-state index in [1.165, 1.54) is 12.1 Å². The number of benzene rings is 1. The molecule has 0 aliphatic heterocycles. The standard InChI is InChI=1S/C14H22FNO2/c1-3-13(16)14(18-9-8-17-4-2)11-6-5-7-12(15)10-11/h5-7,10,13-14H,3-4,8-9,16H2,1-2H3. The van der Waals surface area contributed by atoms with Gasteiger partial charge in [-0.15, -0.1) is 0 Å². The minimum Gasteiger partial charge on any atom is -0.379 e. The quantitative estimate of drug-likeness (QED) is 0.726. The minimum atomic E-state index is -0.286. The average Bonchev–Trinajstić information content (AvgIpc) is 2.38. The Balaban J connectivity index is 2.66. The lowest BCUT2D eigenvalue weighted by Gasteiger charge is -2.24. The molecule has 3 nitrogen and oxygen atoms in total. The molecular formula is C14H22FNO2. The van der Waals surface area contributed by atoms with Crippen LogP contribution in [-0.4, -0.2) is 25.9 Å². The number of nitrogens with two attached hydrogens (primary N) is 1. The first-order valence-electron chi connectivity index (χ1n) is 6.39. The lowest BCUT2D eigenvalue weighted by atomic mass is 10.0. The van der Waals surface area contributed by atoms with Gasteiger partial charge in [0.2, 0.25) is 0 Å². The van der Waals surface area contributed by atoms with Gasteiger partial charge in [0.15, 0.2) is 0 Å². The molecule has 0 bridgehead atoms.